The molecule has 32 heavy (non-hydrogen) atoms. The number of carbonyl (C=O) groups excluding carboxylic acids is 2. The molecule has 2 aromatic carbocycles. The van der Waals surface area contributed by atoms with E-state index >= 15 is 0 Å². The van der Waals surface area contributed by atoms with E-state index in [0.29, 0.717) is 59.6 Å². The molecule has 174 valence electrons. The lowest BCUT2D eigenvalue weighted by atomic mass is 10.0. The standard InChI is InChI=1S/C25H33NO6/c1-7-9-31-24-20(11-18(16(3)27)13-22(24)29-5)15-26-21-12-19(17(4)28)14-23(30-6)25(21)32-10-8-2/h11-14,26H,7-10,15H2,1-6H3. The molecule has 0 bridgehead atoms. The van der Waals surface area contributed by atoms with Gasteiger partial charge >= 0.3 is 0 Å². The summed E-state index contributed by atoms with van der Waals surface area (Å²) < 4.78 is 22.9. The van der Waals surface area contributed by atoms with Crippen LogP contribution in [0, 0.1) is 0 Å². The molecule has 0 fully saturated rings. The predicted molar refractivity (Wildman–Crippen MR) is 125 cm³/mol. The number of methoxy groups -OCH3 is 2. The Labute approximate surface area is 190 Å². The number of rotatable bonds is 13. The van der Waals surface area contributed by atoms with Gasteiger partial charge in [-0.3, -0.25) is 9.59 Å². The topological polar surface area (TPSA) is 83.1 Å². The summed E-state index contributed by atoms with van der Waals surface area (Å²) in [5, 5.41) is 3.34. The smallest absolute Gasteiger partial charge is 0.184 e. The molecule has 0 aliphatic rings. The van der Waals surface area contributed by atoms with E-state index in [-0.39, 0.29) is 11.6 Å². The van der Waals surface area contributed by atoms with Crippen LogP contribution in [0.3, 0.4) is 0 Å². The summed E-state index contributed by atoms with van der Waals surface area (Å²) >= 11 is 0. The summed E-state index contributed by atoms with van der Waals surface area (Å²) in [6, 6.07) is 6.90. The molecule has 7 heteroatoms. The van der Waals surface area contributed by atoms with Gasteiger partial charge in [-0.25, -0.2) is 0 Å². The Hall–Kier alpha value is -3.22. The fourth-order valence-corrected chi connectivity index (χ4v) is 3.15. The van der Waals surface area contributed by atoms with Crippen LogP contribution in [0.25, 0.3) is 0 Å². The minimum Gasteiger partial charge on any atom is -0.493 e. The van der Waals surface area contributed by atoms with Crippen LogP contribution in [0.1, 0.15) is 66.8 Å². The van der Waals surface area contributed by atoms with Crippen molar-refractivity contribution < 1.29 is 28.5 Å². The summed E-state index contributed by atoms with van der Waals surface area (Å²) in [7, 11) is 3.09. The molecule has 0 aliphatic carbocycles. The molecular weight excluding hydrogens is 410 g/mol. The molecule has 0 aliphatic heterocycles. The summed E-state index contributed by atoms with van der Waals surface area (Å²) in [4.78, 5) is 24.1. The zero-order valence-electron chi connectivity index (χ0n) is 19.8. The van der Waals surface area contributed by atoms with Crippen molar-refractivity contribution in [1.29, 1.82) is 0 Å². The Morgan fingerprint density at radius 1 is 0.781 bits per heavy atom. The summed E-state index contributed by atoms with van der Waals surface area (Å²) in [6.07, 6.45) is 1.65. The van der Waals surface area contributed by atoms with Crippen LogP contribution in [0.4, 0.5) is 5.69 Å². The van der Waals surface area contributed by atoms with Crippen molar-refractivity contribution in [2.24, 2.45) is 0 Å². The highest BCUT2D eigenvalue weighted by Crippen LogP contribution is 2.39. The Kier molecular flexibility index (Phi) is 9.38. The molecule has 0 heterocycles. The van der Waals surface area contributed by atoms with Crippen LogP contribution in [0.2, 0.25) is 0 Å². The molecule has 1 N–H and O–H groups in total. The quantitative estimate of drug-likeness (QED) is 0.421. The number of anilines is 1. The van der Waals surface area contributed by atoms with Crippen molar-refractivity contribution in [1.82, 2.24) is 0 Å². The van der Waals surface area contributed by atoms with Crippen molar-refractivity contribution in [3.8, 4) is 23.0 Å². The fraction of sp³-hybridized carbons (Fsp3) is 0.440. The van der Waals surface area contributed by atoms with Crippen molar-refractivity contribution in [3.05, 3.63) is 41.0 Å². The lowest BCUT2D eigenvalue weighted by molar-refractivity contribution is 0.100. The van der Waals surface area contributed by atoms with Crippen molar-refractivity contribution in [2.45, 2.75) is 47.1 Å². The van der Waals surface area contributed by atoms with Gasteiger partial charge in [0.25, 0.3) is 0 Å². The molecule has 0 atom stereocenters. The molecule has 7 nitrogen and oxygen atoms in total. The third-order valence-corrected chi connectivity index (χ3v) is 4.81. The second-order valence-corrected chi connectivity index (χ2v) is 7.38. The van der Waals surface area contributed by atoms with E-state index in [9.17, 15) is 9.59 Å². The van der Waals surface area contributed by atoms with E-state index in [2.05, 4.69) is 5.32 Å². The molecule has 0 spiro atoms. The van der Waals surface area contributed by atoms with Gasteiger partial charge in [0.2, 0.25) is 0 Å². The SMILES string of the molecule is CCCOc1c(CNc2cc(C(C)=O)cc(OC)c2OCCC)cc(C(C)=O)cc1OC. The molecule has 0 saturated heterocycles. The highest BCUT2D eigenvalue weighted by Gasteiger charge is 2.18. The van der Waals surface area contributed by atoms with E-state index < -0.39 is 0 Å². The molecule has 0 saturated carbocycles. The fourth-order valence-electron chi connectivity index (χ4n) is 3.15. The largest absolute Gasteiger partial charge is 0.493 e. The Balaban J connectivity index is 2.51. The molecular formula is C25H33NO6. The normalized spacial score (nSPS) is 10.4. The zero-order valence-corrected chi connectivity index (χ0v) is 19.8. The van der Waals surface area contributed by atoms with Gasteiger partial charge < -0.3 is 24.3 Å². The Bertz CT molecular complexity index is 876. The highest BCUT2D eigenvalue weighted by molar-refractivity contribution is 5.96. The number of hydrogen-bond donors (Lipinski definition) is 1. The number of hydrogen-bond acceptors (Lipinski definition) is 7. The first-order chi connectivity index (χ1) is 15.4. The average Bonchev–Trinajstić information content (AvgIpc) is 2.79. The highest BCUT2D eigenvalue weighted by atomic mass is 16.5. The van der Waals surface area contributed by atoms with Gasteiger partial charge in [0.1, 0.15) is 0 Å². The van der Waals surface area contributed by atoms with Gasteiger partial charge in [0, 0.05) is 23.2 Å². The minimum atomic E-state index is -0.0828. The Morgan fingerprint density at radius 2 is 1.28 bits per heavy atom. The number of Topliss-reactive ketones (excluding diaryl/α,β-unsaturated/α-hetero) is 2. The van der Waals surface area contributed by atoms with Crippen molar-refractivity contribution >= 4 is 17.3 Å². The van der Waals surface area contributed by atoms with Gasteiger partial charge in [-0.2, -0.15) is 0 Å². The maximum atomic E-state index is 12.1. The van der Waals surface area contributed by atoms with Gasteiger partial charge in [0.15, 0.2) is 34.6 Å². The molecule has 0 amide bonds. The van der Waals surface area contributed by atoms with E-state index in [1.807, 2.05) is 13.8 Å². The van der Waals surface area contributed by atoms with E-state index in [1.54, 1.807) is 38.5 Å². The maximum absolute atomic E-state index is 12.1. The molecule has 0 aromatic heterocycles. The number of carbonyl (C=O) groups is 2. The third kappa shape index (κ3) is 6.15. The molecule has 2 aromatic rings. The van der Waals surface area contributed by atoms with Gasteiger partial charge in [-0.1, -0.05) is 13.8 Å². The third-order valence-electron chi connectivity index (χ3n) is 4.81. The monoisotopic (exact) mass is 443 g/mol. The van der Waals surface area contributed by atoms with Crippen molar-refractivity contribution in [2.75, 3.05) is 32.8 Å². The number of ether oxygens (including phenoxy) is 4. The Morgan fingerprint density at radius 3 is 1.78 bits per heavy atom. The second-order valence-electron chi connectivity index (χ2n) is 7.38. The molecule has 2 rings (SSSR count). The van der Waals surface area contributed by atoms with Crippen LogP contribution in [0.15, 0.2) is 24.3 Å². The summed E-state index contributed by atoms with van der Waals surface area (Å²) in [6.45, 7) is 8.39. The number of ketones is 2. The first-order valence-corrected chi connectivity index (χ1v) is 10.8. The van der Waals surface area contributed by atoms with Crippen LogP contribution >= 0.6 is 0 Å². The zero-order chi connectivity index (χ0) is 23.7. The summed E-state index contributed by atoms with van der Waals surface area (Å²) in [5.74, 6) is 1.94. The second kappa shape index (κ2) is 12.0. The van der Waals surface area contributed by atoms with Gasteiger partial charge in [-0.15, -0.1) is 0 Å². The predicted octanol–water partition coefficient (Wildman–Crippen LogP) is 5.30. The lowest BCUT2D eigenvalue weighted by Gasteiger charge is -2.20. The first-order valence-electron chi connectivity index (χ1n) is 10.8. The van der Waals surface area contributed by atoms with Crippen LogP contribution < -0.4 is 24.3 Å². The molecule has 0 radical (unpaired) electrons. The van der Waals surface area contributed by atoms with Gasteiger partial charge in [0.05, 0.1) is 33.1 Å². The number of benzene rings is 2. The number of nitrogens with one attached hydrogen (secondary N) is 1. The lowest BCUT2D eigenvalue weighted by Crippen LogP contribution is -2.10. The summed E-state index contributed by atoms with van der Waals surface area (Å²) in [5.41, 5.74) is 2.42. The van der Waals surface area contributed by atoms with E-state index in [0.717, 1.165) is 18.4 Å². The van der Waals surface area contributed by atoms with E-state index in [4.69, 9.17) is 18.9 Å². The van der Waals surface area contributed by atoms with E-state index in [1.165, 1.54) is 13.8 Å². The average molecular weight is 444 g/mol. The van der Waals surface area contributed by atoms with Crippen LogP contribution in [-0.2, 0) is 6.54 Å². The van der Waals surface area contributed by atoms with Crippen LogP contribution in [0.5, 0.6) is 23.0 Å². The van der Waals surface area contributed by atoms with Crippen LogP contribution in [-0.4, -0.2) is 39.0 Å². The first kappa shape index (κ1) is 25.0. The molecule has 0 unspecified atom stereocenters. The van der Waals surface area contributed by atoms with Crippen molar-refractivity contribution in [3.63, 3.8) is 0 Å². The van der Waals surface area contributed by atoms with Gasteiger partial charge in [-0.05, 0) is 51.0 Å². The minimum absolute atomic E-state index is 0.0706. The maximum Gasteiger partial charge on any atom is 0.184 e.